The molecule has 0 heterocycles. The summed E-state index contributed by atoms with van der Waals surface area (Å²) in [6.45, 7) is 4.37. The van der Waals surface area contributed by atoms with Gasteiger partial charge in [0.05, 0.1) is 0 Å². The van der Waals surface area contributed by atoms with E-state index < -0.39 is 0 Å². The molecule has 0 spiro atoms. The molecule has 1 aliphatic rings. The molecule has 11 heavy (non-hydrogen) atoms. The van der Waals surface area contributed by atoms with Gasteiger partial charge in [-0.15, -0.1) is 0 Å². The molecule has 1 aliphatic carbocycles. The van der Waals surface area contributed by atoms with E-state index >= 15 is 0 Å². The highest BCUT2D eigenvalue weighted by atomic mass is 16.1. The summed E-state index contributed by atoms with van der Waals surface area (Å²) in [6.07, 6.45) is 5.98. The highest BCUT2D eigenvalue weighted by Crippen LogP contribution is 2.24. The van der Waals surface area contributed by atoms with E-state index in [0.717, 1.165) is 25.7 Å². The van der Waals surface area contributed by atoms with Crippen LogP contribution in [0.1, 0.15) is 39.5 Å². The van der Waals surface area contributed by atoms with Crippen LogP contribution in [-0.4, -0.2) is 5.78 Å². The smallest absolute Gasteiger partial charge is 0.155 e. The quantitative estimate of drug-likeness (QED) is 0.594. The second-order valence-electron chi connectivity index (χ2n) is 3.35. The van der Waals surface area contributed by atoms with Gasteiger partial charge < -0.3 is 0 Å². The molecule has 0 fully saturated rings. The summed E-state index contributed by atoms with van der Waals surface area (Å²) in [5.74, 6) is 0.936. The number of hydrogen-bond donors (Lipinski definition) is 0. The van der Waals surface area contributed by atoms with Crippen LogP contribution in [0.3, 0.4) is 0 Å². The van der Waals surface area contributed by atoms with Crippen molar-refractivity contribution in [1.82, 2.24) is 0 Å². The molecule has 1 atom stereocenters. The number of carbonyl (C=O) groups excluding carboxylic acids is 1. The van der Waals surface area contributed by atoms with Crippen molar-refractivity contribution in [2.24, 2.45) is 5.92 Å². The third-order valence-corrected chi connectivity index (χ3v) is 2.48. The summed E-state index contributed by atoms with van der Waals surface area (Å²) < 4.78 is 0. The van der Waals surface area contributed by atoms with Gasteiger partial charge in [-0.25, -0.2) is 0 Å². The van der Waals surface area contributed by atoms with Gasteiger partial charge in [0, 0.05) is 6.42 Å². The van der Waals surface area contributed by atoms with Crippen molar-refractivity contribution in [2.75, 3.05) is 0 Å². The SMILES string of the molecule is CCC(C)C1=CC(=O)CCC1. The van der Waals surface area contributed by atoms with Gasteiger partial charge in [-0.3, -0.25) is 4.79 Å². The third kappa shape index (κ3) is 2.18. The van der Waals surface area contributed by atoms with Gasteiger partial charge in [0.15, 0.2) is 5.78 Å². The molecule has 0 N–H and O–H groups in total. The summed E-state index contributed by atoms with van der Waals surface area (Å²) >= 11 is 0. The van der Waals surface area contributed by atoms with Crippen molar-refractivity contribution in [3.8, 4) is 0 Å². The van der Waals surface area contributed by atoms with Crippen LogP contribution in [0, 0.1) is 5.92 Å². The summed E-state index contributed by atoms with van der Waals surface area (Å²) in [7, 11) is 0. The summed E-state index contributed by atoms with van der Waals surface area (Å²) in [5.41, 5.74) is 1.36. The first-order valence-corrected chi connectivity index (χ1v) is 4.47. The molecule has 0 aromatic heterocycles. The maximum absolute atomic E-state index is 11.0. The lowest BCUT2D eigenvalue weighted by molar-refractivity contribution is -0.115. The molecule has 0 aromatic carbocycles. The molecule has 62 valence electrons. The van der Waals surface area contributed by atoms with Gasteiger partial charge in [0.25, 0.3) is 0 Å². The third-order valence-electron chi connectivity index (χ3n) is 2.48. The van der Waals surface area contributed by atoms with E-state index in [4.69, 9.17) is 0 Å². The van der Waals surface area contributed by atoms with Gasteiger partial charge >= 0.3 is 0 Å². The molecule has 1 unspecified atom stereocenters. The molecular formula is C10H16O. The fourth-order valence-corrected chi connectivity index (χ4v) is 1.47. The largest absolute Gasteiger partial charge is 0.295 e. The highest BCUT2D eigenvalue weighted by Gasteiger charge is 2.13. The van der Waals surface area contributed by atoms with Crippen molar-refractivity contribution in [3.05, 3.63) is 11.6 Å². The number of hydrogen-bond acceptors (Lipinski definition) is 1. The van der Waals surface area contributed by atoms with Crippen LogP contribution in [0.2, 0.25) is 0 Å². The van der Waals surface area contributed by atoms with E-state index in [2.05, 4.69) is 13.8 Å². The Morgan fingerprint density at radius 1 is 1.55 bits per heavy atom. The Bertz CT molecular complexity index is 179. The molecule has 0 aliphatic heterocycles. The molecule has 0 saturated heterocycles. The van der Waals surface area contributed by atoms with Crippen molar-refractivity contribution in [3.63, 3.8) is 0 Å². The van der Waals surface area contributed by atoms with E-state index in [1.807, 2.05) is 6.08 Å². The van der Waals surface area contributed by atoms with Gasteiger partial charge in [-0.05, 0) is 31.3 Å². The lowest BCUT2D eigenvalue weighted by atomic mass is 9.88. The summed E-state index contributed by atoms with van der Waals surface area (Å²) in [4.78, 5) is 11.0. The molecule has 1 rings (SSSR count). The van der Waals surface area contributed by atoms with Crippen LogP contribution in [0.4, 0.5) is 0 Å². The molecule has 1 nitrogen and oxygen atoms in total. The van der Waals surface area contributed by atoms with E-state index in [0.29, 0.717) is 11.7 Å². The maximum Gasteiger partial charge on any atom is 0.155 e. The Hall–Kier alpha value is -0.590. The number of ketones is 1. The average molecular weight is 152 g/mol. The Morgan fingerprint density at radius 2 is 2.27 bits per heavy atom. The zero-order valence-corrected chi connectivity index (χ0v) is 7.39. The fraction of sp³-hybridized carbons (Fsp3) is 0.700. The fourth-order valence-electron chi connectivity index (χ4n) is 1.47. The second-order valence-corrected chi connectivity index (χ2v) is 3.35. The second kappa shape index (κ2) is 3.70. The van der Waals surface area contributed by atoms with E-state index in [-0.39, 0.29) is 0 Å². The lowest BCUT2D eigenvalue weighted by Gasteiger charge is -2.16. The first kappa shape index (κ1) is 8.51. The van der Waals surface area contributed by atoms with E-state index in [9.17, 15) is 4.79 Å². The standard InChI is InChI=1S/C10H16O/c1-3-8(2)9-5-4-6-10(11)7-9/h7-8H,3-6H2,1-2H3. The van der Waals surface area contributed by atoms with Crippen LogP contribution in [0.25, 0.3) is 0 Å². The molecule has 0 saturated carbocycles. The predicted molar refractivity (Wildman–Crippen MR) is 46.4 cm³/mol. The van der Waals surface area contributed by atoms with Crippen molar-refractivity contribution in [1.29, 1.82) is 0 Å². The van der Waals surface area contributed by atoms with Crippen molar-refractivity contribution < 1.29 is 4.79 Å². The Kier molecular flexibility index (Phi) is 2.86. The minimum Gasteiger partial charge on any atom is -0.295 e. The van der Waals surface area contributed by atoms with Crippen LogP contribution >= 0.6 is 0 Å². The molecule has 0 amide bonds. The zero-order valence-electron chi connectivity index (χ0n) is 7.39. The molecular weight excluding hydrogens is 136 g/mol. The van der Waals surface area contributed by atoms with E-state index in [1.165, 1.54) is 5.57 Å². The number of rotatable bonds is 2. The minimum absolute atomic E-state index is 0.326. The highest BCUT2D eigenvalue weighted by molar-refractivity contribution is 5.91. The van der Waals surface area contributed by atoms with Gasteiger partial charge in [-0.1, -0.05) is 19.4 Å². The van der Waals surface area contributed by atoms with Gasteiger partial charge in [-0.2, -0.15) is 0 Å². The van der Waals surface area contributed by atoms with Crippen LogP contribution in [0.15, 0.2) is 11.6 Å². The summed E-state index contributed by atoms with van der Waals surface area (Å²) in [6, 6.07) is 0. The maximum atomic E-state index is 11.0. The van der Waals surface area contributed by atoms with Crippen LogP contribution in [0.5, 0.6) is 0 Å². The molecule has 0 bridgehead atoms. The van der Waals surface area contributed by atoms with Gasteiger partial charge in [0.1, 0.15) is 0 Å². The zero-order chi connectivity index (χ0) is 8.27. The first-order valence-electron chi connectivity index (χ1n) is 4.47. The number of carbonyl (C=O) groups is 1. The van der Waals surface area contributed by atoms with Crippen LogP contribution < -0.4 is 0 Å². The Balaban J connectivity index is 2.62. The lowest BCUT2D eigenvalue weighted by Crippen LogP contribution is -2.07. The molecule has 0 aromatic rings. The average Bonchev–Trinajstić information content (AvgIpc) is 2.03. The van der Waals surface area contributed by atoms with Crippen molar-refractivity contribution in [2.45, 2.75) is 39.5 Å². The minimum atomic E-state index is 0.326. The topological polar surface area (TPSA) is 17.1 Å². The molecule has 0 radical (unpaired) electrons. The summed E-state index contributed by atoms with van der Waals surface area (Å²) in [5, 5.41) is 0. The predicted octanol–water partition coefficient (Wildman–Crippen LogP) is 2.71. The Morgan fingerprint density at radius 3 is 2.82 bits per heavy atom. The first-order chi connectivity index (χ1) is 5.24. The van der Waals surface area contributed by atoms with E-state index in [1.54, 1.807) is 0 Å². The van der Waals surface area contributed by atoms with Gasteiger partial charge in [0.2, 0.25) is 0 Å². The molecule has 1 heteroatoms. The number of allylic oxidation sites excluding steroid dienone is 2. The Labute approximate surface area is 68.5 Å². The monoisotopic (exact) mass is 152 g/mol. The van der Waals surface area contributed by atoms with Crippen molar-refractivity contribution >= 4 is 5.78 Å². The normalized spacial score (nSPS) is 21.3. The van der Waals surface area contributed by atoms with Crippen LogP contribution in [-0.2, 0) is 4.79 Å².